The van der Waals surface area contributed by atoms with Crippen molar-refractivity contribution >= 4 is 51.8 Å². The number of benzene rings is 1. The van der Waals surface area contributed by atoms with Crippen LogP contribution in [0, 0.1) is 0 Å². The Hall–Kier alpha value is -2.05. The zero-order chi connectivity index (χ0) is 18.7. The number of anilines is 1. The number of hydrogen-bond donors (Lipinski definition) is 1. The van der Waals surface area contributed by atoms with Crippen molar-refractivity contribution in [1.29, 1.82) is 0 Å². The lowest BCUT2D eigenvalue weighted by molar-refractivity contribution is 0.0520. The van der Waals surface area contributed by atoms with E-state index in [1.807, 2.05) is 0 Å². The van der Waals surface area contributed by atoms with Gasteiger partial charge in [-0.25, -0.2) is 14.6 Å². The fraction of sp³-hybridized carbons (Fsp3) is 0.389. The lowest BCUT2D eigenvalue weighted by Crippen LogP contribution is -2.38. The van der Waals surface area contributed by atoms with Crippen molar-refractivity contribution in [2.45, 2.75) is 26.2 Å². The molecule has 3 rings (SSSR count). The Bertz CT molecular complexity index is 851. The summed E-state index contributed by atoms with van der Waals surface area (Å²) in [7, 11) is 0. The van der Waals surface area contributed by atoms with E-state index in [1.165, 1.54) is 6.07 Å². The maximum Gasteiger partial charge on any atom is 0.357 e. The first kappa shape index (κ1) is 18.7. The number of carbonyl (C=O) groups excluding carboxylic acids is 2. The predicted molar refractivity (Wildman–Crippen MR) is 102 cm³/mol. The molecule has 1 N–H and O–H groups in total. The molecule has 0 unspecified atom stereocenters. The number of likely N-dealkylation sites (tertiary alicyclic amines) is 1. The van der Waals surface area contributed by atoms with Crippen molar-refractivity contribution in [3.8, 4) is 0 Å². The number of piperidine rings is 1. The van der Waals surface area contributed by atoms with Crippen molar-refractivity contribution < 1.29 is 14.3 Å². The predicted octanol–water partition coefficient (Wildman–Crippen LogP) is 4.74. The molecule has 0 radical (unpaired) electrons. The minimum Gasteiger partial charge on any atom is -0.461 e. The number of nitrogens with zero attached hydrogens (tertiary/aromatic N) is 2. The molecule has 1 aromatic heterocycles. The van der Waals surface area contributed by atoms with E-state index >= 15 is 0 Å². The number of aromatic nitrogens is 1. The molecule has 0 aliphatic carbocycles. The number of ether oxygens (including phenoxy) is 1. The van der Waals surface area contributed by atoms with E-state index in [9.17, 15) is 9.59 Å². The third kappa shape index (κ3) is 4.02. The summed E-state index contributed by atoms with van der Waals surface area (Å²) >= 11 is 12.4. The second kappa shape index (κ2) is 8.10. The van der Waals surface area contributed by atoms with Gasteiger partial charge in [-0.15, -0.1) is 0 Å². The number of rotatable bonds is 3. The van der Waals surface area contributed by atoms with Crippen LogP contribution in [0.15, 0.2) is 18.2 Å². The molecule has 8 heteroatoms. The average molecular weight is 396 g/mol. The van der Waals surface area contributed by atoms with Gasteiger partial charge in [0.2, 0.25) is 0 Å². The number of pyridine rings is 1. The second-order valence-electron chi connectivity index (χ2n) is 6.04. The van der Waals surface area contributed by atoms with Crippen LogP contribution >= 0.6 is 23.2 Å². The number of fused-ring (bicyclic) bond motifs is 1. The van der Waals surface area contributed by atoms with Crippen LogP contribution in [0.4, 0.5) is 10.5 Å². The van der Waals surface area contributed by atoms with Crippen molar-refractivity contribution in [3.63, 3.8) is 0 Å². The molecule has 1 saturated heterocycles. The Balaban J connectivity index is 2.03. The summed E-state index contributed by atoms with van der Waals surface area (Å²) in [5, 5.41) is 4.14. The van der Waals surface area contributed by atoms with Crippen LogP contribution < -0.4 is 5.32 Å². The highest BCUT2D eigenvalue weighted by Gasteiger charge is 2.20. The van der Waals surface area contributed by atoms with Crippen LogP contribution in [-0.2, 0) is 4.74 Å². The molecule has 0 bridgehead atoms. The van der Waals surface area contributed by atoms with Gasteiger partial charge in [0, 0.05) is 23.5 Å². The largest absolute Gasteiger partial charge is 0.461 e. The molecule has 26 heavy (non-hydrogen) atoms. The summed E-state index contributed by atoms with van der Waals surface area (Å²) < 4.78 is 5.02. The average Bonchev–Trinajstić information content (AvgIpc) is 2.61. The standard InChI is InChI=1S/C18H19Cl2N3O3/c1-2-26-17(24)15-10-14(22-18(25)23-6-4-3-5-7-23)16-12(20)8-11(19)9-13(16)21-15/h8-10H,2-7H2,1H3,(H,21,22,25). The third-order valence-corrected chi connectivity index (χ3v) is 4.71. The van der Waals surface area contributed by atoms with Crippen LogP contribution in [-0.4, -0.2) is 41.6 Å². The van der Waals surface area contributed by atoms with Gasteiger partial charge in [0.15, 0.2) is 5.69 Å². The van der Waals surface area contributed by atoms with Crippen LogP contribution in [0.25, 0.3) is 10.9 Å². The zero-order valence-electron chi connectivity index (χ0n) is 14.3. The summed E-state index contributed by atoms with van der Waals surface area (Å²) in [6, 6.07) is 4.44. The highest BCUT2D eigenvalue weighted by atomic mass is 35.5. The molecule has 1 fully saturated rings. The number of halogens is 2. The summed E-state index contributed by atoms with van der Waals surface area (Å²) in [6.07, 6.45) is 3.09. The molecule has 0 saturated carbocycles. The molecule has 2 heterocycles. The lowest BCUT2D eigenvalue weighted by Gasteiger charge is -2.27. The molecule has 0 spiro atoms. The van der Waals surface area contributed by atoms with E-state index in [0.717, 1.165) is 19.3 Å². The Morgan fingerprint density at radius 3 is 2.62 bits per heavy atom. The fourth-order valence-corrected chi connectivity index (χ4v) is 3.57. The minimum atomic E-state index is -0.570. The number of carbonyl (C=O) groups is 2. The maximum absolute atomic E-state index is 12.6. The first-order valence-electron chi connectivity index (χ1n) is 8.52. The zero-order valence-corrected chi connectivity index (χ0v) is 15.9. The smallest absolute Gasteiger partial charge is 0.357 e. The number of amides is 2. The van der Waals surface area contributed by atoms with Crippen molar-refractivity contribution in [3.05, 3.63) is 33.9 Å². The van der Waals surface area contributed by atoms with Gasteiger partial charge in [0.05, 0.1) is 22.8 Å². The van der Waals surface area contributed by atoms with E-state index < -0.39 is 5.97 Å². The number of urea groups is 1. The molecule has 2 aromatic rings. The topological polar surface area (TPSA) is 71.5 Å². The molecule has 0 atom stereocenters. The van der Waals surface area contributed by atoms with Crippen molar-refractivity contribution in [1.82, 2.24) is 9.88 Å². The van der Waals surface area contributed by atoms with Gasteiger partial charge >= 0.3 is 12.0 Å². The summed E-state index contributed by atoms with van der Waals surface area (Å²) in [5.41, 5.74) is 0.920. The number of hydrogen-bond acceptors (Lipinski definition) is 4. The Labute approximate surface area is 161 Å². The Morgan fingerprint density at radius 2 is 1.92 bits per heavy atom. The molecular formula is C18H19Cl2N3O3. The van der Waals surface area contributed by atoms with E-state index in [1.54, 1.807) is 24.0 Å². The highest BCUT2D eigenvalue weighted by molar-refractivity contribution is 6.39. The van der Waals surface area contributed by atoms with Gasteiger partial charge in [-0.3, -0.25) is 0 Å². The Kier molecular flexibility index (Phi) is 5.84. The van der Waals surface area contributed by atoms with Crippen molar-refractivity contribution in [2.75, 3.05) is 25.0 Å². The molecule has 2 amide bonds. The summed E-state index contributed by atoms with van der Waals surface area (Å²) in [4.78, 5) is 30.8. The highest BCUT2D eigenvalue weighted by Crippen LogP contribution is 2.33. The van der Waals surface area contributed by atoms with E-state index in [4.69, 9.17) is 27.9 Å². The maximum atomic E-state index is 12.6. The third-order valence-electron chi connectivity index (χ3n) is 4.19. The van der Waals surface area contributed by atoms with Gasteiger partial charge in [0.25, 0.3) is 0 Å². The van der Waals surface area contributed by atoms with Gasteiger partial charge in [-0.1, -0.05) is 23.2 Å². The van der Waals surface area contributed by atoms with Gasteiger partial charge in [-0.05, 0) is 44.4 Å². The quantitative estimate of drug-likeness (QED) is 0.761. The Morgan fingerprint density at radius 1 is 1.19 bits per heavy atom. The molecule has 1 aliphatic heterocycles. The fourth-order valence-electron chi connectivity index (χ4n) is 2.99. The van der Waals surface area contributed by atoms with Crippen LogP contribution in [0.5, 0.6) is 0 Å². The normalized spacial score (nSPS) is 14.3. The minimum absolute atomic E-state index is 0.0895. The molecule has 6 nitrogen and oxygen atoms in total. The summed E-state index contributed by atoms with van der Waals surface area (Å²) in [6.45, 7) is 3.36. The van der Waals surface area contributed by atoms with E-state index in [-0.39, 0.29) is 18.3 Å². The van der Waals surface area contributed by atoms with Crippen LogP contribution in [0.1, 0.15) is 36.7 Å². The van der Waals surface area contributed by atoms with Crippen LogP contribution in [0.3, 0.4) is 0 Å². The number of esters is 1. The lowest BCUT2D eigenvalue weighted by atomic mass is 10.1. The molecule has 1 aromatic carbocycles. The first-order chi connectivity index (χ1) is 12.5. The van der Waals surface area contributed by atoms with Gasteiger partial charge in [0.1, 0.15) is 0 Å². The SMILES string of the molecule is CCOC(=O)c1cc(NC(=O)N2CCCCC2)c2c(Cl)cc(Cl)cc2n1. The van der Waals surface area contributed by atoms with Crippen LogP contribution in [0.2, 0.25) is 10.0 Å². The van der Waals surface area contributed by atoms with Crippen molar-refractivity contribution in [2.24, 2.45) is 0 Å². The molecular weight excluding hydrogens is 377 g/mol. The van der Waals surface area contributed by atoms with E-state index in [2.05, 4.69) is 10.3 Å². The van der Waals surface area contributed by atoms with Gasteiger partial charge in [-0.2, -0.15) is 0 Å². The monoisotopic (exact) mass is 395 g/mol. The van der Waals surface area contributed by atoms with Gasteiger partial charge < -0.3 is 15.0 Å². The molecule has 138 valence electrons. The van der Waals surface area contributed by atoms with E-state index in [0.29, 0.717) is 39.7 Å². The number of nitrogens with one attached hydrogen (secondary N) is 1. The first-order valence-corrected chi connectivity index (χ1v) is 9.28. The summed E-state index contributed by atoms with van der Waals surface area (Å²) in [5.74, 6) is -0.570. The molecule has 1 aliphatic rings. The second-order valence-corrected chi connectivity index (χ2v) is 6.88.